The molecule has 2 rings (SSSR count). The van der Waals surface area contributed by atoms with E-state index < -0.39 is 0 Å². The summed E-state index contributed by atoms with van der Waals surface area (Å²) in [6.07, 6.45) is 15.9. The zero-order valence-electron chi connectivity index (χ0n) is 16.2. The van der Waals surface area contributed by atoms with Crippen LogP contribution < -0.4 is 4.90 Å². The zero-order chi connectivity index (χ0) is 19.5. The summed E-state index contributed by atoms with van der Waals surface area (Å²) in [6, 6.07) is 18.9. The Balaban J connectivity index is 2.75. The lowest BCUT2D eigenvalue weighted by atomic mass is 10.0. The first-order valence-corrected chi connectivity index (χ1v) is 9.12. The van der Waals surface area contributed by atoms with E-state index in [1.54, 1.807) is 6.08 Å². The molecule has 0 aliphatic heterocycles. The molecule has 0 fully saturated rings. The average molecular weight is 354 g/mol. The molecule has 1 nitrogen and oxygen atoms in total. The summed E-state index contributed by atoms with van der Waals surface area (Å²) in [7, 11) is 0. The number of hydrogen-bond donors (Lipinski definition) is 0. The molecule has 136 valence electrons. The maximum absolute atomic E-state index is 3.90. The first-order chi connectivity index (χ1) is 13.3. The molecule has 0 radical (unpaired) electrons. The minimum absolute atomic E-state index is 1.01. The van der Waals surface area contributed by atoms with E-state index in [1.165, 1.54) is 11.1 Å². The van der Waals surface area contributed by atoms with Gasteiger partial charge in [-0.25, -0.2) is 0 Å². The fraction of sp³-hybridized carbons (Fsp3) is 0.0769. The summed E-state index contributed by atoms with van der Waals surface area (Å²) < 4.78 is 0. The van der Waals surface area contributed by atoms with Gasteiger partial charge in [0.25, 0.3) is 0 Å². The monoisotopic (exact) mass is 353 g/mol. The molecule has 0 aliphatic rings. The van der Waals surface area contributed by atoms with Crippen LogP contribution in [-0.2, 0) is 0 Å². The van der Waals surface area contributed by atoms with Crippen LogP contribution in [0.1, 0.15) is 13.8 Å². The fourth-order valence-corrected chi connectivity index (χ4v) is 2.92. The number of rotatable bonds is 8. The molecule has 0 heterocycles. The molecule has 0 bridgehead atoms. The molecule has 0 aliphatic carbocycles. The Kier molecular flexibility index (Phi) is 7.87. The molecule has 0 saturated carbocycles. The van der Waals surface area contributed by atoms with Gasteiger partial charge < -0.3 is 4.90 Å². The van der Waals surface area contributed by atoms with E-state index in [1.807, 2.05) is 37.3 Å². The Labute approximate surface area is 163 Å². The van der Waals surface area contributed by atoms with Crippen molar-refractivity contribution in [2.45, 2.75) is 13.8 Å². The molecule has 27 heavy (non-hydrogen) atoms. The van der Waals surface area contributed by atoms with Crippen molar-refractivity contribution in [3.63, 3.8) is 0 Å². The SMILES string of the molecule is C=C/C=C\C(=C/C=C)N(C(/C=C\C)=C/C)c1ccccc1-c1ccccc1. The zero-order valence-corrected chi connectivity index (χ0v) is 16.2. The van der Waals surface area contributed by atoms with Crippen LogP contribution >= 0.6 is 0 Å². The van der Waals surface area contributed by atoms with Crippen molar-refractivity contribution in [2.75, 3.05) is 4.90 Å². The third kappa shape index (κ3) is 5.08. The van der Waals surface area contributed by atoms with E-state index >= 15 is 0 Å². The van der Waals surface area contributed by atoms with E-state index in [2.05, 4.69) is 91.7 Å². The summed E-state index contributed by atoms with van der Waals surface area (Å²) in [4.78, 5) is 2.24. The molecule has 1 heteroatoms. The summed E-state index contributed by atoms with van der Waals surface area (Å²) in [5.41, 5.74) is 5.56. The van der Waals surface area contributed by atoms with Gasteiger partial charge in [-0.3, -0.25) is 0 Å². The number of benzene rings is 2. The van der Waals surface area contributed by atoms with Gasteiger partial charge in [0.2, 0.25) is 0 Å². The highest BCUT2D eigenvalue weighted by Crippen LogP contribution is 2.35. The molecular weight excluding hydrogens is 326 g/mol. The Hall–Kier alpha value is -3.32. The maximum atomic E-state index is 3.90. The molecule has 0 amide bonds. The minimum Gasteiger partial charge on any atom is -0.310 e. The highest BCUT2D eigenvalue weighted by atomic mass is 15.2. The second kappa shape index (κ2) is 10.6. The second-order valence-corrected chi connectivity index (χ2v) is 5.85. The molecule has 0 unspecified atom stereocenters. The van der Waals surface area contributed by atoms with Crippen molar-refractivity contribution < 1.29 is 0 Å². The van der Waals surface area contributed by atoms with Gasteiger partial charge in [0.1, 0.15) is 0 Å². The van der Waals surface area contributed by atoms with Crippen LogP contribution in [0, 0.1) is 0 Å². The lowest BCUT2D eigenvalue weighted by Gasteiger charge is -2.29. The average Bonchev–Trinajstić information content (AvgIpc) is 2.72. The van der Waals surface area contributed by atoms with Gasteiger partial charge in [-0.05, 0) is 43.7 Å². The van der Waals surface area contributed by atoms with Gasteiger partial charge in [-0.1, -0.05) is 92.1 Å². The highest BCUT2D eigenvalue weighted by molar-refractivity contribution is 5.82. The third-order valence-corrected chi connectivity index (χ3v) is 4.07. The van der Waals surface area contributed by atoms with Crippen LogP contribution in [0.25, 0.3) is 11.1 Å². The predicted molar refractivity (Wildman–Crippen MR) is 121 cm³/mol. The molecule has 2 aromatic carbocycles. The van der Waals surface area contributed by atoms with Gasteiger partial charge in [-0.2, -0.15) is 0 Å². The lowest BCUT2D eigenvalue weighted by Crippen LogP contribution is -2.20. The van der Waals surface area contributed by atoms with Crippen LogP contribution in [-0.4, -0.2) is 0 Å². The molecular formula is C26H27N. The Morgan fingerprint density at radius 2 is 1.52 bits per heavy atom. The molecule has 0 N–H and O–H groups in total. The van der Waals surface area contributed by atoms with E-state index in [4.69, 9.17) is 0 Å². The van der Waals surface area contributed by atoms with Crippen LogP contribution in [0.5, 0.6) is 0 Å². The van der Waals surface area contributed by atoms with Crippen LogP contribution in [0.2, 0.25) is 0 Å². The van der Waals surface area contributed by atoms with Crippen molar-refractivity contribution in [1.82, 2.24) is 0 Å². The molecule has 0 atom stereocenters. The number of allylic oxidation sites excluding steroid dienone is 8. The number of para-hydroxylation sites is 1. The van der Waals surface area contributed by atoms with E-state index in [9.17, 15) is 0 Å². The number of anilines is 1. The van der Waals surface area contributed by atoms with Gasteiger partial charge in [-0.15, -0.1) is 0 Å². The number of hydrogen-bond acceptors (Lipinski definition) is 1. The van der Waals surface area contributed by atoms with Gasteiger partial charge in [0.15, 0.2) is 0 Å². The Morgan fingerprint density at radius 1 is 0.815 bits per heavy atom. The third-order valence-electron chi connectivity index (χ3n) is 4.07. The van der Waals surface area contributed by atoms with Gasteiger partial charge in [0, 0.05) is 17.0 Å². The minimum atomic E-state index is 1.01. The van der Waals surface area contributed by atoms with Crippen molar-refractivity contribution in [1.29, 1.82) is 0 Å². The smallest absolute Gasteiger partial charge is 0.0539 e. The van der Waals surface area contributed by atoms with Crippen LogP contribution in [0.15, 0.2) is 128 Å². The highest BCUT2D eigenvalue weighted by Gasteiger charge is 2.17. The van der Waals surface area contributed by atoms with Crippen molar-refractivity contribution in [3.05, 3.63) is 128 Å². The van der Waals surface area contributed by atoms with Crippen molar-refractivity contribution >= 4 is 5.69 Å². The lowest BCUT2D eigenvalue weighted by molar-refractivity contribution is 1.13. The van der Waals surface area contributed by atoms with Gasteiger partial charge in [0.05, 0.1) is 5.69 Å². The summed E-state index contributed by atoms with van der Waals surface area (Å²) >= 11 is 0. The largest absolute Gasteiger partial charge is 0.310 e. The predicted octanol–water partition coefficient (Wildman–Crippen LogP) is 7.45. The van der Waals surface area contributed by atoms with Crippen LogP contribution in [0.4, 0.5) is 5.69 Å². The second-order valence-electron chi connectivity index (χ2n) is 5.85. The van der Waals surface area contributed by atoms with E-state index in [0.29, 0.717) is 0 Å². The number of nitrogens with zero attached hydrogens (tertiary/aromatic N) is 1. The van der Waals surface area contributed by atoms with Gasteiger partial charge >= 0.3 is 0 Å². The Morgan fingerprint density at radius 3 is 2.15 bits per heavy atom. The normalized spacial score (nSPS) is 12.5. The first-order valence-electron chi connectivity index (χ1n) is 9.12. The summed E-state index contributed by atoms with van der Waals surface area (Å²) in [5.74, 6) is 0. The first kappa shape index (κ1) is 20.0. The van der Waals surface area contributed by atoms with Crippen molar-refractivity contribution in [3.8, 4) is 11.1 Å². The van der Waals surface area contributed by atoms with Crippen molar-refractivity contribution in [2.24, 2.45) is 0 Å². The quantitative estimate of drug-likeness (QED) is 0.445. The van der Waals surface area contributed by atoms with Crippen LogP contribution in [0.3, 0.4) is 0 Å². The summed E-state index contributed by atoms with van der Waals surface area (Å²) in [5, 5.41) is 0. The molecule has 2 aromatic rings. The Bertz CT molecular complexity index is 879. The molecule has 0 aromatic heterocycles. The summed E-state index contributed by atoms with van der Waals surface area (Å²) in [6.45, 7) is 11.8. The maximum Gasteiger partial charge on any atom is 0.0539 e. The van der Waals surface area contributed by atoms with E-state index in [-0.39, 0.29) is 0 Å². The topological polar surface area (TPSA) is 3.24 Å². The molecule has 0 saturated heterocycles. The standard InChI is InChI=1S/C26H27N/c1-5-9-19-24(16-7-3)27(23(8-4)15-6-2)26-21-14-13-20-25(26)22-17-11-10-12-18-22/h5-21H,1,3H2,2,4H3/b15-6-,19-9-,23-8+,24-16+. The van der Waals surface area contributed by atoms with E-state index in [0.717, 1.165) is 17.1 Å². The fourth-order valence-electron chi connectivity index (χ4n) is 2.92. The molecule has 0 spiro atoms.